The fourth-order valence-corrected chi connectivity index (χ4v) is 17.2. The van der Waals surface area contributed by atoms with Crippen LogP contribution in [0.3, 0.4) is 0 Å². The van der Waals surface area contributed by atoms with Crippen LogP contribution in [0.25, 0.3) is 121 Å². The molecule has 0 unspecified atom stereocenters. The van der Waals surface area contributed by atoms with E-state index < -0.39 is 11.9 Å². The molecule has 6 aliphatic heterocycles. The second-order valence-electron chi connectivity index (χ2n) is 29.1. The highest BCUT2D eigenvalue weighted by molar-refractivity contribution is 5.95. The third-order valence-corrected chi connectivity index (χ3v) is 22.4. The summed E-state index contributed by atoms with van der Waals surface area (Å²) in [4.78, 5) is 66.7. The number of hydrogen-bond acceptors (Lipinski definition) is 10. The summed E-state index contributed by atoms with van der Waals surface area (Å²) in [5, 5.41) is 0. The maximum Gasteiger partial charge on any atom is 0.343 e. The molecule has 4 N–H and O–H groups in total. The van der Waals surface area contributed by atoms with Crippen LogP contribution in [0.15, 0.2) is 231 Å². The van der Waals surface area contributed by atoms with Crippen LogP contribution in [0, 0.1) is 47.3 Å². The third kappa shape index (κ3) is 12.9. The van der Waals surface area contributed by atoms with Crippen molar-refractivity contribution in [2.45, 2.75) is 19.8 Å². The maximum absolute atomic E-state index is 13.9. The van der Waals surface area contributed by atoms with E-state index in [-0.39, 0.29) is 0 Å². The molecule has 0 radical (unpaired) electrons. The number of aromatic amines is 4. The van der Waals surface area contributed by atoms with Crippen molar-refractivity contribution in [3.05, 3.63) is 293 Å². The number of nitrogens with one attached hydrogen (secondary N) is 4. The number of anilines is 2. The molecule has 512 valence electrons. The summed E-state index contributed by atoms with van der Waals surface area (Å²) in [6, 6.07) is 70.7. The number of hydrogen-bond donors (Lipinski definition) is 4. The van der Waals surface area contributed by atoms with E-state index in [9.17, 15) is 9.59 Å². The van der Waals surface area contributed by atoms with E-state index in [1.807, 2.05) is 182 Å². The van der Waals surface area contributed by atoms with Crippen LogP contribution in [-0.2, 0) is 0 Å². The zero-order valence-electron chi connectivity index (χ0n) is 57.8. The van der Waals surface area contributed by atoms with Crippen LogP contribution in [0.4, 0.5) is 11.4 Å². The average molecular weight is 1370 g/mol. The molecule has 0 amide bonds. The van der Waals surface area contributed by atoms with Crippen molar-refractivity contribution in [2.24, 2.45) is 47.3 Å². The number of allylic oxidation sites excluding steroid dienone is 3. The molecule has 8 atom stereocenters. The smallest absolute Gasteiger partial charge is 0.343 e. The number of carbonyl (C=O) groups is 2. The van der Waals surface area contributed by atoms with Crippen molar-refractivity contribution >= 4 is 122 Å². The average Bonchev–Trinajstić information content (AvgIpc) is 1.65. The second kappa shape index (κ2) is 26.6. The molecule has 14 heteroatoms. The second-order valence-corrected chi connectivity index (χ2v) is 29.1. The zero-order valence-corrected chi connectivity index (χ0v) is 57.8. The van der Waals surface area contributed by atoms with E-state index in [2.05, 4.69) is 140 Å². The molecule has 6 aromatic heterocycles. The largest absolute Gasteiger partial charge is 0.423 e. The van der Waals surface area contributed by atoms with Gasteiger partial charge in [0.1, 0.15) is 11.5 Å². The highest BCUT2D eigenvalue weighted by Gasteiger charge is 2.49. The first-order valence-electron chi connectivity index (χ1n) is 36.5. The van der Waals surface area contributed by atoms with Gasteiger partial charge in [0.2, 0.25) is 0 Å². The van der Waals surface area contributed by atoms with Gasteiger partial charge in [-0.05, 0) is 283 Å². The molecule has 2 saturated carbocycles. The molecule has 4 fully saturated rings. The Morgan fingerprint density at radius 3 is 1.20 bits per heavy atom. The van der Waals surface area contributed by atoms with Crippen LogP contribution in [0.1, 0.15) is 91.6 Å². The van der Waals surface area contributed by atoms with Gasteiger partial charge in [0.15, 0.2) is 0 Å². The Bertz CT molecular complexity index is 5820. The Labute approximate surface area is 607 Å². The van der Waals surface area contributed by atoms with Gasteiger partial charge >= 0.3 is 11.9 Å². The lowest BCUT2D eigenvalue weighted by molar-refractivity contribution is 0.0725. The summed E-state index contributed by atoms with van der Waals surface area (Å²) in [6.45, 7) is 6.33. The van der Waals surface area contributed by atoms with Gasteiger partial charge in [-0.2, -0.15) is 0 Å². The number of H-pyrrole nitrogens is 4. The molecule has 11 aromatic rings. The van der Waals surface area contributed by atoms with Gasteiger partial charge in [0.25, 0.3) is 0 Å². The molecule has 14 nitrogen and oxygen atoms in total. The van der Waals surface area contributed by atoms with Gasteiger partial charge < -0.3 is 39.2 Å². The molecule has 12 heterocycles. The monoisotopic (exact) mass is 1370 g/mol. The number of rotatable bonds is 12. The van der Waals surface area contributed by atoms with E-state index in [4.69, 9.17) is 29.4 Å². The van der Waals surface area contributed by atoms with Crippen LogP contribution < -0.4 is 19.3 Å². The predicted molar refractivity (Wildman–Crippen MR) is 423 cm³/mol. The predicted octanol–water partition coefficient (Wildman–Crippen LogP) is 19.8. The molecular formula is C91H74N10O4. The number of aromatic nitrogens is 8. The summed E-state index contributed by atoms with van der Waals surface area (Å²) in [6.07, 6.45) is 28.6. The highest BCUT2D eigenvalue weighted by Crippen LogP contribution is 2.51. The third-order valence-electron chi connectivity index (χ3n) is 22.4. The Kier molecular flexibility index (Phi) is 16.0. The Balaban J connectivity index is 0.509. The van der Waals surface area contributed by atoms with Crippen LogP contribution in [0.5, 0.6) is 11.5 Å². The van der Waals surface area contributed by atoms with Gasteiger partial charge in [-0.25, -0.2) is 29.5 Å². The number of benzene rings is 5. The fourth-order valence-electron chi connectivity index (χ4n) is 17.2. The van der Waals surface area contributed by atoms with Gasteiger partial charge in [-0.15, -0.1) is 0 Å². The highest BCUT2D eigenvalue weighted by atomic mass is 16.5. The standard InChI is InChI=1S/C91H74N10O4/c1-55-43-61(81-52-100(51-80(55)81)76-31-11-59(12-32-76)90(102)104-78-35-15-57(16-36-78)88-84-39-27-72(96-84)47-68-23-19-64(92-68)45-65-20-24-69(93-65)48-73-28-40-85(88)97-73)9-10-63-44-62(8-7-56-5-3-2-4-6-56)82-53-101(54-83(63)82)77-33-13-60(14-34-77)91(103)105-79-37-17-58(18-38-79)89-86-41-29-74(98-86)49-70-25-21-66(94-70)46-67-22-26-71(95-67)50-75-30-42-87(89)99-75/h2-42,45-50,55,61-63,80-83,92,94,97,99H,43-44,51-54H2,1H3/b8-7+,10-9?,64-45?,65-45?,66-46?,67-46?,68-47?,69-48?,70-49?,71-50?,72-47?,73-48?,74-49?,75-50?,88-84?,88-85?,89-86?,89-87?/t55-,61+,62+,63-,80+,81-,82-,83+/m1/s1. The number of nitrogens with zero attached hydrogens (tertiary/aromatic N) is 6. The lowest BCUT2D eigenvalue weighted by Gasteiger charge is -2.23. The van der Waals surface area contributed by atoms with Crippen molar-refractivity contribution < 1.29 is 19.1 Å². The summed E-state index contributed by atoms with van der Waals surface area (Å²) in [7, 11) is 0. The maximum atomic E-state index is 13.9. The van der Waals surface area contributed by atoms with Gasteiger partial charge in [-0.3, -0.25) is 0 Å². The van der Waals surface area contributed by atoms with E-state index in [0.717, 1.165) is 156 Å². The Morgan fingerprint density at radius 2 is 0.752 bits per heavy atom. The number of ether oxygens (including phenoxy) is 2. The van der Waals surface area contributed by atoms with E-state index >= 15 is 0 Å². The lowest BCUT2D eigenvalue weighted by atomic mass is 9.87. The number of esters is 2. The summed E-state index contributed by atoms with van der Waals surface area (Å²) in [5.74, 6) is 4.18. The van der Waals surface area contributed by atoms with Crippen LogP contribution in [-0.4, -0.2) is 78.0 Å². The quantitative estimate of drug-likeness (QED) is 0.0524. The molecule has 105 heavy (non-hydrogen) atoms. The fraction of sp³-hybridized carbons (Fsp3) is 0.165. The van der Waals surface area contributed by atoms with Crippen molar-refractivity contribution in [3.63, 3.8) is 0 Å². The molecule has 8 aliphatic rings. The summed E-state index contributed by atoms with van der Waals surface area (Å²) >= 11 is 0. The Hall–Kier alpha value is -12.7. The SMILES string of the molecule is C[C@@H]1C[C@H](C=C[C@@H]2C[C@H](/C=C/c3ccccc3)[C@H]3CN(c4ccc(C(=O)Oc5ccc(-c6c7nc(cc8ccc(cc9nc(cc%10ccc6[nH]%10)C=C9)[nH]8)C=C7)cc5)cc4)C[C@H]32)[C@H]2CN(c3ccc(C(=O)Oc4ccc(-c5c6nc(cc7ccc(cc8nc(cc9ccc5[nH]9)C=C8)[nH]7)C=C6)cc4)cc3)C[C@H]21. The normalized spacial score (nSPS) is 20.6. The van der Waals surface area contributed by atoms with Gasteiger partial charge in [0.05, 0.1) is 56.7 Å². The molecule has 19 rings (SSSR count). The van der Waals surface area contributed by atoms with Crippen molar-refractivity contribution in [1.29, 1.82) is 0 Å². The van der Waals surface area contributed by atoms with Crippen molar-refractivity contribution in [2.75, 3.05) is 36.0 Å². The molecule has 2 saturated heterocycles. The van der Waals surface area contributed by atoms with Crippen LogP contribution >= 0.6 is 0 Å². The molecule has 0 spiro atoms. The molecule has 5 aromatic carbocycles. The summed E-state index contributed by atoms with van der Waals surface area (Å²) in [5.41, 5.74) is 22.5. The van der Waals surface area contributed by atoms with Crippen LogP contribution in [0.2, 0.25) is 0 Å². The minimum atomic E-state index is -0.406. The number of carbonyl (C=O) groups excluding carboxylic acids is 2. The summed E-state index contributed by atoms with van der Waals surface area (Å²) < 4.78 is 12.1. The molecular weight excluding hydrogens is 1300 g/mol. The van der Waals surface area contributed by atoms with E-state index in [1.165, 1.54) is 12.0 Å². The van der Waals surface area contributed by atoms with Gasteiger partial charge in [-0.1, -0.05) is 85.8 Å². The number of fused-ring (bicyclic) bond motifs is 18. The van der Waals surface area contributed by atoms with Gasteiger partial charge in [0, 0.05) is 92.8 Å². The topological polar surface area (TPSA) is 174 Å². The minimum Gasteiger partial charge on any atom is -0.423 e. The van der Waals surface area contributed by atoms with Crippen molar-refractivity contribution in [1.82, 2.24) is 39.9 Å². The van der Waals surface area contributed by atoms with Crippen molar-refractivity contribution in [3.8, 4) is 33.8 Å². The first kappa shape index (κ1) is 63.3. The lowest BCUT2D eigenvalue weighted by Crippen LogP contribution is -2.23. The molecule has 2 aliphatic carbocycles. The van der Waals surface area contributed by atoms with E-state index in [0.29, 0.717) is 70.0 Å². The van der Waals surface area contributed by atoms with E-state index in [1.54, 1.807) is 0 Å². The zero-order chi connectivity index (χ0) is 70.1. The first-order valence-corrected chi connectivity index (χ1v) is 36.5. The Morgan fingerprint density at radius 1 is 0.381 bits per heavy atom. The molecule has 16 bridgehead atoms. The first-order chi connectivity index (χ1) is 51.5. The minimum absolute atomic E-state index is 0.400.